The van der Waals surface area contributed by atoms with Crippen molar-refractivity contribution in [1.29, 1.82) is 0 Å². The second-order valence-corrected chi connectivity index (χ2v) is 5.71. The normalized spacial score (nSPS) is 15.9. The van der Waals surface area contributed by atoms with Crippen molar-refractivity contribution < 1.29 is 14.3 Å². The minimum absolute atomic E-state index is 0.0198. The first-order chi connectivity index (χ1) is 11.0. The molecule has 2 N–H and O–H groups in total. The Labute approximate surface area is 137 Å². The zero-order valence-electron chi connectivity index (χ0n) is 14.2. The smallest absolute Gasteiger partial charge is 0.262 e. The van der Waals surface area contributed by atoms with E-state index in [1.807, 2.05) is 50.8 Å². The molecule has 0 saturated carbocycles. The number of benzene rings is 1. The van der Waals surface area contributed by atoms with Crippen LogP contribution in [-0.4, -0.2) is 42.5 Å². The van der Waals surface area contributed by atoms with Gasteiger partial charge in [0.05, 0.1) is 11.7 Å². The van der Waals surface area contributed by atoms with Crippen molar-refractivity contribution in [3.63, 3.8) is 0 Å². The predicted octanol–water partition coefficient (Wildman–Crippen LogP) is 1.92. The van der Waals surface area contributed by atoms with Crippen LogP contribution in [0.25, 0.3) is 0 Å². The molecule has 2 amide bonds. The van der Waals surface area contributed by atoms with Crippen LogP contribution in [0, 0.1) is 0 Å². The van der Waals surface area contributed by atoms with Crippen LogP contribution >= 0.6 is 0 Å². The fraction of sp³-hybridized carbons (Fsp3) is 0.529. The number of anilines is 1. The van der Waals surface area contributed by atoms with Gasteiger partial charge in [-0.1, -0.05) is 6.07 Å². The fourth-order valence-corrected chi connectivity index (χ4v) is 2.72. The summed E-state index contributed by atoms with van der Waals surface area (Å²) >= 11 is 0. The first kappa shape index (κ1) is 17.3. The van der Waals surface area contributed by atoms with Crippen LogP contribution in [0.4, 0.5) is 5.69 Å². The molecule has 6 nitrogen and oxygen atoms in total. The highest BCUT2D eigenvalue weighted by Gasteiger charge is 2.22. The summed E-state index contributed by atoms with van der Waals surface area (Å²) in [5, 5.41) is 6.12. The number of nitrogens with zero attached hydrogens (tertiary/aromatic N) is 1. The van der Waals surface area contributed by atoms with E-state index < -0.39 is 0 Å². The van der Waals surface area contributed by atoms with E-state index in [0.29, 0.717) is 24.5 Å². The topological polar surface area (TPSA) is 70.7 Å². The Bertz CT molecular complexity index is 584. The average molecular weight is 319 g/mol. The molecule has 0 fully saturated rings. The van der Waals surface area contributed by atoms with E-state index in [2.05, 4.69) is 10.6 Å². The lowest BCUT2D eigenvalue weighted by atomic mass is 10.1. The summed E-state index contributed by atoms with van der Waals surface area (Å²) in [6.07, 6.45) is 0. The highest BCUT2D eigenvalue weighted by Crippen LogP contribution is 2.30. The van der Waals surface area contributed by atoms with Gasteiger partial charge in [0.15, 0.2) is 6.61 Å². The molecule has 126 valence electrons. The molecule has 0 aliphatic carbocycles. The molecule has 1 aromatic carbocycles. The summed E-state index contributed by atoms with van der Waals surface area (Å²) in [6.45, 7) is 9.29. The average Bonchev–Trinajstić information content (AvgIpc) is 2.54. The van der Waals surface area contributed by atoms with Crippen LogP contribution in [0.2, 0.25) is 0 Å². The van der Waals surface area contributed by atoms with Crippen molar-refractivity contribution >= 4 is 17.5 Å². The zero-order valence-corrected chi connectivity index (χ0v) is 14.2. The molecule has 1 aliphatic rings. The van der Waals surface area contributed by atoms with Crippen LogP contribution in [0.15, 0.2) is 18.2 Å². The summed E-state index contributed by atoms with van der Waals surface area (Å²) in [7, 11) is 0. The van der Waals surface area contributed by atoms with Crippen molar-refractivity contribution in [2.45, 2.75) is 39.8 Å². The molecule has 0 aromatic heterocycles. The fourth-order valence-electron chi connectivity index (χ4n) is 2.72. The van der Waals surface area contributed by atoms with Crippen LogP contribution in [0.5, 0.6) is 5.75 Å². The molecule has 0 saturated heterocycles. The highest BCUT2D eigenvalue weighted by atomic mass is 16.5. The zero-order chi connectivity index (χ0) is 17.0. The maximum atomic E-state index is 12.3. The van der Waals surface area contributed by atoms with E-state index in [1.165, 1.54) is 0 Å². The van der Waals surface area contributed by atoms with Crippen molar-refractivity contribution in [1.82, 2.24) is 10.2 Å². The SMILES string of the molecule is CCN(CC)C(=O)[C@H](C)N[C@@H](C)c1ccc2c(c1)NC(=O)CO2. The first-order valence-corrected chi connectivity index (χ1v) is 8.07. The number of nitrogens with one attached hydrogen (secondary N) is 2. The summed E-state index contributed by atoms with van der Waals surface area (Å²) in [5.41, 5.74) is 1.67. The molecular formula is C17H25N3O3. The summed E-state index contributed by atoms with van der Waals surface area (Å²) in [5.74, 6) is 0.615. The number of carbonyl (C=O) groups is 2. The van der Waals surface area contributed by atoms with Crippen molar-refractivity contribution in [2.75, 3.05) is 25.0 Å². The molecule has 0 bridgehead atoms. The van der Waals surface area contributed by atoms with Crippen LogP contribution in [0.1, 0.15) is 39.3 Å². The standard InChI is InChI=1S/C17H25N3O3/c1-5-20(6-2)17(22)12(4)18-11(3)13-7-8-15-14(9-13)19-16(21)10-23-15/h7-9,11-12,18H,5-6,10H2,1-4H3,(H,19,21)/t11-,12-/m0/s1. The number of hydrogen-bond acceptors (Lipinski definition) is 4. The van der Waals surface area contributed by atoms with Gasteiger partial charge in [-0.05, 0) is 45.4 Å². The molecule has 6 heteroatoms. The second-order valence-electron chi connectivity index (χ2n) is 5.71. The van der Waals surface area contributed by atoms with Crippen LogP contribution < -0.4 is 15.4 Å². The molecule has 0 radical (unpaired) electrons. The number of rotatable bonds is 6. The lowest BCUT2D eigenvalue weighted by molar-refractivity contribution is -0.132. The maximum Gasteiger partial charge on any atom is 0.262 e. The Morgan fingerprint density at radius 1 is 1.35 bits per heavy atom. The van der Waals surface area contributed by atoms with Gasteiger partial charge in [-0.15, -0.1) is 0 Å². The number of ether oxygens (including phenoxy) is 1. The lowest BCUT2D eigenvalue weighted by Gasteiger charge is -2.26. The van der Waals surface area contributed by atoms with Gasteiger partial charge in [0.25, 0.3) is 5.91 Å². The number of fused-ring (bicyclic) bond motifs is 1. The van der Waals surface area contributed by atoms with E-state index in [1.54, 1.807) is 0 Å². The quantitative estimate of drug-likeness (QED) is 0.840. The minimum Gasteiger partial charge on any atom is -0.482 e. The Kier molecular flexibility index (Phi) is 5.60. The highest BCUT2D eigenvalue weighted by molar-refractivity contribution is 5.95. The van der Waals surface area contributed by atoms with E-state index in [9.17, 15) is 9.59 Å². The van der Waals surface area contributed by atoms with E-state index in [-0.39, 0.29) is 30.5 Å². The lowest BCUT2D eigenvalue weighted by Crippen LogP contribution is -2.45. The van der Waals surface area contributed by atoms with Gasteiger partial charge in [0.1, 0.15) is 5.75 Å². The Morgan fingerprint density at radius 2 is 2.04 bits per heavy atom. The Balaban J connectivity index is 2.06. The largest absolute Gasteiger partial charge is 0.482 e. The molecule has 1 aromatic rings. The van der Waals surface area contributed by atoms with E-state index >= 15 is 0 Å². The molecule has 23 heavy (non-hydrogen) atoms. The number of carbonyl (C=O) groups excluding carboxylic acids is 2. The van der Waals surface area contributed by atoms with Crippen LogP contribution in [0.3, 0.4) is 0 Å². The van der Waals surface area contributed by atoms with Gasteiger partial charge in [-0.25, -0.2) is 0 Å². The Hall–Kier alpha value is -2.08. The molecule has 1 heterocycles. The molecule has 2 rings (SSSR count). The third kappa shape index (κ3) is 4.01. The van der Waals surface area contributed by atoms with Gasteiger partial charge in [-0.3, -0.25) is 14.9 Å². The van der Waals surface area contributed by atoms with E-state index in [4.69, 9.17) is 4.74 Å². The summed E-state index contributed by atoms with van der Waals surface area (Å²) < 4.78 is 5.36. The predicted molar refractivity (Wildman–Crippen MR) is 89.5 cm³/mol. The van der Waals surface area contributed by atoms with Crippen molar-refractivity contribution in [3.8, 4) is 5.75 Å². The number of amides is 2. The van der Waals surface area contributed by atoms with Crippen LogP contribution in [-0.2, 0) is 9.59 Å². The van der Waals surface area contributed by atoms with Gasteiger partial charge in [0.2, 0.25) is 5.91 Å². The molecule has 1 aliphatic heterocycles. The number of likely N-dealkylation sites (N-methyl/N-ethyl adjacent to an activating group) is 1. The summed E-state index contributed by atoms with van der Waals surface area (Å²) in [6, 6.07) is 5.39. The maximum absolute atomic E-state index is 12.3. The third-order valence-corrected chi connectivity index (χ3v) is 4.08. The third-order valence-electron chi connectivity index (χ3n) is 4.08. The van der Waals surface area contributed by atoms with Gasteiger partial charge in [-0.2, -0.15) is 0 Å². The van der Waals surface area contributed by atoms with E-state index in [0.717, 1.165) is 5.56 Å². The Morgan fingerprint density at radius 3 is 2.70 bits per heavy atom. The van der Waals surface area contributed by atoms with Gasteiger partial charge in [0, 0.05) is 19.1 Å². The van der Waals surface area contributed by atoms with Crippen molar-refractivity contribution in [3.05, 3.63) is 23.8 Å². The first-order valence-electron chi connectivity index (χ1n) is 8.07. The molecule has 0 spiro atoms. The molecular weight excluding hydrogens is 294 g/mol. The van der Waals surface area contributed by atoms with Gasteiger partial charge < -0.3 is 15.0 Å². The van der Waals surface area contributed by atoms with Gasteiger partial charge >= 0.3 is 0 Å². The number of hydrogen-bond donors (Lipinski definition) is 2. The minimum atomic E-state index is -0.272. The summed E-state index contributed by atoms with van der Waals surface area (Å²) in [4.78, 5) is 25.6. The monoisotopic (exact) mass is 319 g/mol. The van der Waals surface area contributed by atoms with Crippen molar-refractivity contribution in [2.24, 2.45) is 0 Å². The second kappa shape index (κ2) is 7.46. The molecule has 0 unspecified atom stereocenters. The molecule has 2 atom stereocenters.